The number of hydrogen-bond donors (Lipinski definition) is 1. The van der Waals surface area contributed by atoms with E-state index >= 15 is 0 Å². The molecule has 0 bridgehead atoms. The predicted octanol–water partition coefficient (Wildman–Crippen LogP) is 4.98. The third kappa shape index (κ3) is 2.89. The molecule has 100 valence electrons. The van der Waals surface area contributed by atoms with Gasteiger partial charge in [-0.25, -0.2) is 0 Å². The third-order valence-electron chi connectivity index (χ3n) is 4.16. The summed E-state index contributed by atoms with van der Waals surface area (Å²) in [5, 5.41) is 11.5. The Kier molecular flexibility index (Phi) is 4.34. The molecule has 1 aromatic carbocycles. The molecule has 2 heteroatoms. The van der Waals surface area contributed by atoms with E-state index in [0.717, 1.165) is 24.8 Å². The van der Waals surface area contributed by atoms with Gasteiger partial charge in [0.05, 0.1) is 6.10 Å². The molecule has 0 aromatic heterocycles. The van der Waals surface area contributed by atoms with E-state index in [1.165, 1.54) is 12.8 Å². The summed E-state index contributed by atoms with van der Waals surface area (Å²) >= 11 is 6.04. The first-order chi connectivity index (χ1) is 8.53. The van der Waals surface area contributed by atoms with Crippen LogP contribution in [0.3, 0.4) is 0 Å². The third-order valence-corrected chi connectivity index (χ3v) is 4.39. The van der Waals surface area contributed by atoms with E-state index in [1.54, 1.807) is 0 Å². The van der Waals surface area contributed by atoms with Crippen LogP contribution in [0.1, 0.15) is 57.6 Å². The van der Waals surface area contributed by atoms with Crippen molar-refractivity contribution in [1.29, 1.82) is 0 Å². The van der Waals surface area contributed by atoms with Crippen LogP contribution in [0.4, 0.5) is 0 Å². The van der Waals surface area contributed by atoms with Crippen molar-refractivity contribution in [2.45, 2.75) is 52.1 Å². The lowest BCUT2D eigenvalue weighted by Crippen LogP contribution is -2.27. The van der Waals surface area contributed by atoms with Crippen molar-refractivity contribution in [2.24, 2.45) is 11.3 Å². The van der Waals surface area contributed by atoms with E-state index < -0.39 is 0 Å². The molecule has 1 nitrogen and oxygen atoms in total. The van der Waals surface area contributed by atoms with Gasteiger partial charge >= 0.3 is 0 Å². The quantitative estimate of drug-likeness (QED) is 0.815. The molecule has 0 aliphatic heterocycles. The summed E-state index contributed by atoms with van der Waals surface area (Å²) in [5.74, 6) is 0.622. The molecule has 1 aromatic rings. The summed E-state index contributed by atoms with van der Waals surface area (Å²) in [6, 6.07) is 7.70. The minimum absolute atomic E-state index is 0.0683. The molecule has 1 fully saturated rings. The molecule has 0 saturated heterocycles. The Morgan fingerprint density at radius 2 is 1.94 bits per heavy atom. The van der Waals surface area contributed by atoms with Crippen LogP contribution in [-0.4, -0.2) is 5.11 Å². The van der Waals surface area contributed by atoms with Gasteiger partial charge in [0.1, 0.15) is 0 Å². The molecule has 1 atom stereocenters. The Morgan fingerprint density at radius 1 is 1.28 bits per heavy atom. The fourth-order valence-electron chi connectivity index (χ4n) is 3.51. The molecule has 1 N–H and O–H groups in total. The number of benzene rings is 1. The molecule has 0 radical (unpaired) electrons. The van der Waals surface area contributed by atoms with Crippen LogP contribution in [0.25, 0.3) is 0 Å². The lowest BCUT2D eigenvalue weighted by atomic mass is 9.72. The van der Waals surface area contributed by atoms with Crippen LogP contribution >= 0.6 is 11.6 Å². The Balaban J connectivity index is 2.25. The zero-order chi connectivity index (χ0) is 13.2. The predicted molar refractivity (Wildman–Crippen MR) is 76.8 cm³/mol. The van der Waals surface area contributed by atoms with E-state index in [9.17, 15) is 5.11 Å². The first-order valence-corrected chi connectivity index (χ1v) is 7.35. The highest BCUT2D eigenvalue weighted by molar-refractivity contribution is 6.30. The van der Waals surface area contributed by atoms with E-state index in [-0.39, 0.29) is 11.5 Å². The number of aliphatic hydroxyl groups excluding tert-OH is 1. The van der Waals surface area contributed by atoms with E-state index in [2.05, 4.69) is 13.8 Å². The average Bonchev–Trinajstić information content (AvgIpc) is 2.77. The summed E-state index contributed by atoms with van der Waals surface area (Å²) in [7, 11) is 0. The lowest BCUT2D eigenvalue weighted by molar-refractivity contribution is 0.0112. The summed E-state index contributed by atoms with van der Waals surface area (Å²) in [5.41, 5.74) is 1.05. The van der Waals surface area contributed by atoms with Crippen molar-refractivity contribution in [2.75, 3.05) is 0 Å². The maximum Gasteiger partial charge on any atom is 0.0846 e. The van der Waals surface area contributed by atoms with Gasteiger partial charge in [-0.3, -0.25) is 0 Å². The van der Waals surface area contributed by atoms with Crippen molar-refractivity contribution in [3.63, 3.8) is 0 Å². The van der Waals surface area contributed by atoms with E-state index in [4.69, 9.17) is 11.6 Å². The lowest BCUT2D eigenvalue weighted by Gasteiger charge is -2.36. The van der Waals surface area contributed by atoms with Crippen LogP contribution in [0.15, 0.2) is 24.3 Å². The molecule has 1 saturated carbocycles. The molecule has 18 heavy (non-hydrogen) atoms. The average molecular weight is 267 g/mol. The number of halogens is 1. The fourth-order valence-corrected chi connectivity index (χ4v) is 3.71. The minimum Gasteiger partial charge on any atom is -0.388 e. The first kappa shape index (κ1) is 13.9. The van der Waals surface area contributed by atoms with E-state index in [0.29, 0.717) is 10.9 Å². The van der Waals surface area contributed by atoms with Gasteiger partial charge in [0.15, 0.2) is 0 Å². The van der Waals surface area contributed by atoms with E-state index in [1.807, 2.05) is 24.3 Å². The zero-order valence-corrected chi connectivity index (χ0v) is 12.1. The van der Waals surface area contributed by atoms with Crippen LogP contribution in [0.2, 0.25) is 5.02 Å². The largest absolute Gasteiger partial charge is 0.388 e. The maximum atomic E-state index is 10.8. The van der Waals surface area contributed by atoms with Gasteiger partial charge in [0, 0.05) is 10.4 Å². The fraction of sp³-hybridized carbons (Fsp3) is 0.625. The highest BCUT2D eigenvalue weighted by Gasteiger charge is 2.41. The SMILES string of the molecule is CC(C)CC1(C(O)c2cccc(Cl)c2)CCCC1. The van der Waals surface area contributed by atoms with Gasteiger partial charge in [0.25, 0.3) is 0 Å². The molecule has 1 aliphatic rings. The second kappa shape index (κ2) is 5.63. The molecular weight excluding hydrogens is 244 g/mol. The second-order valence-corrected chi connectivity index (χ2v) is 6.56. The normalized spacial score (nSPS) is 20.3. The smallest absolute Gasteiger partial charge is 0.0846 e. The summed E-state index contributed by atoms with van der Waals surface area (Å²) in [6.07, 6.45) is 5.48. The summed E-state index contributed by atoms with van der Waals surface area (Å²) < 4.78 is 0. The van der Waals surface area contributed by atoms with Crippen molar-refractivity contribution < 1.29 is 5.11 Å². The Morgan fingerprint density at radius 3 is 2.50 bits per heavy atom. The highest BCUT2D eigenvalue weighted by atomic mass is 35.5. The monoisotopic (exact) mass is 266 g/mol. The van der Waals surface area contributed by atoms with Gasteiger partial charge in [-0.2, -0.15) is 0 Å². The Bertz CT molecular complexity index is 394. The van der Waals surface area contributed by atoms with Crippen LogP contribution < -0.4 is 0 Å². The molecule has 0 heterocycles. The molecule has 0 spiro atoms. The van der Waals surface area contributed by atoms with Crippen molar-refractivity contribution in [1.82, 2.24) is 0 Å². The van der Waals surface area contributed by atoms with Crippen molar-refractivity contribution in [3.05, 3.63) is 34.9 Å². The van der Waals surface area contributed by atoms with Crippen LogP contribution in [0, 0.1) is 11.3 Å². The molecule has 0 amide bonds. The molecule has 1 unspecified atom stereocenters. The number of rotatable bonds is 4. The molecule has 2 rings (SSSR count). The topological polar surface area (TPSA) is 20.2 Å². The van der Waals surface area contributed by atoms with Gasteiger partial charge in [-0.05, 0) is 42.9 Å². The molecule has 1 aliphatic carbocycles. The van der Waals surface area contributed by atoms with Gasteiger partial charge in [0.2, 0.25) is 0 Å². The van der Waals surface area contributed by atoms with Gasteiger partial charge < -0.3 is 5.11 Å². The summed E-state index contributed by atoms with van der Waals surface area (Å²) in [6.45, 7) is 4.48. The highest BCUT2D eigenvalue weighted by Crippen LogP contribution is 2.51. The van der Waals surface area contributed by atoms with Crippen LogP contribution in [0.5, 0.6) is 0 Å². The van der Waals surface area contributed by atoms with Crippen molar-refractivity contribution >= 4 is 11.6 Å². The standard InChI is InChI=1S/C16H23ClO/c1-12(2)11-16(8-3-4-9-16)15(18)13-6-5-7-14(17)10-13/h5-7,10,12,15,18H,3-4,8-9,11H2,1-2H3. The number of aliphatic hydroxyl groups is 1. The first-order valence-electron chi connectivity index (χ1n) is 6.97. The summed E-state index contributed by atoms with van der Waals surface area (Å²) in [4.78, 5) is 0. The minimum atomic E-state index is -0.374. The van der Waals surface area contributed by atoms with Gasteiger partial charge in [-0.15, -0.1) is 0 Å². The Labute approximate surface area is 115 Å². The second-order valence-electron chi connectivity index (χ2n) is 6.12. The zero-order valence-electron chi connectivity index (χ0n) is 11.3. The van der Waals surface area contributed by atoms with Crippen LogP contribution in [-0.2, 0) is 0 Å². The number of hydrogen-bond acceptors (Lipinski definition) is 1. The Hall–Kier alpha value is -0.530. The van der Waals surface area contributed by atoms with Gasteiger partial charge in [-0.1, -0.05) is 50.4 Å². The molecular formula is C16H23ClO. The van der Waals surface area contributed by atoms with Crippen molar-refractivity contribution in [3.8, 4) is 0 Å². The maximum absolute atomic E-state index is 10.8.